The van der Waals surface area contributed by atoms with Gasteiger partial charge < -0.3 is 0 Å². The minimum absolute atomic E-state index is 0.00868. The Hall–Kier alpha value is 0.290. The Labute approximate surface area is 89.1 Å². The van der Waals surface area contributed by atoms with Crippen molar-refractivity contribution < 1.29 is 0 Å². The molecule has 0 heterocycles. The first kappa shape index (κ1) is 13.3. The van der Waals surface area contributed by atoms with E-state index in [4.69, 9.17) is 11.6 Å². The van der Waals surface area contributed by atoms with Gasteiger partial charge in [0.25, 0.3) is 0 Å². The molecule has 0 saturated heterocycles. The lowest BCUT2D eigenvalue weighted by atomic mass is 9.82. The summed E-state index contributed by atoms with van der Waals surface area (Å²) < 4.78 is 0. The smallest absolute Gasteiger partial charge is 0.0441 e. The Morgan fingerprint density at radius 3 is 1.92 bits per heavy atom. The van der Waals surface area contributed by atoms with Crippen LogP contribution < -0.4 is 0 Å². The van der Waals surface area contributed by atoms with E-state index in [1.807, 2.05) is 0 Å². The average molecular weight is 205 g/mol. The molecule has 0 radical (unpaired) electrons. The zero-order valence-electron chi connectivity index (χ0n) is 10.1. The van der Waals surface area contributed by atoms with E-state index in [2.05, 4.69) is 41.5 Å². The number of hydrogen-bond donors (Lipinski definition) is 0. The number of hydrogen-bond acceptors (Lipinski definition) is 0. The molecule has 0 aromatic carbocycles. The van der Waals surface area contributed by atoms with Gasteiger partial charge in [0.15, 0.2) is 0 Å². The van der Waals surface area contributed by atoms with Crippen LogP contribution in [-0.2, 0) is 0 Å². The van der Waals surface area contributed by atoms with E-state index in [0.717, 1.165) is 6.42 Å². The average Bonchev–Trinajstić information content (AvgIpc) is 1.98. The third-order valence-electron chi connectivity index (χ3n) is 3.05. The lowest BCUT2D eigenvalue weighted by Crippen LogP contribution is -2.26. The van der Waals surface area contributed by atoms with Crippen LogP contribution >= 0.6 is 11.6 Å². The summed E-state index contributed by atoms with van der Waals surface area (Å²) in [5.41, 5.74) is 0.439. The largest absolute Gasteiger partial charge is 0.119 e. The van der Waals surface area contributed by atoms with Crippen LogP contribution in [-0.4, -0.2) is 4.87 Å². The summed E-state index contributed by atoms with van der Waals surface area (Å²) in [6.07, 6.45) is 3.55. The van der Waals surface area contributed by atoms with Crippen molar-refractivity contribution in [3.8, 4) is 0 Å². The molecule has 2 atom stereocenters. The first-order valence-corrected chi connectivity index (χ1v) is 5.76. The van der Waals surface area contributed by atoms with Crippen LogP contribution in [0.15, 0.2) is 0 Å². The molecular formula is C12H25Cl. The molecule has 0 amide bonds. The van der Waals surface area contributed by atoms with E-state index >= 15 is 0 Å². The van der Waals surface area contributed by atoms with Gasteiger partial charge in [-0.2, -0.15) is 0 Å². The van der Waals surface area contributed by atoms with Crippen molar-refractivity contribution in [3.05, 3.63) is 0 Å². The molecule has 2 unspecified atom stereocenters. The van der Waals surface area contributed by atoms with Gasteiger partial charge in [-0.05, 0) is 37.5 Å². The van der Waals surface area contributed by atoms with Gasteiger partial charge in [0, 0.05) is 4.87 Å². The second kappa shape index (κ2) is 4.68. The molecule has 0 aliphatic carbocycles. The van der Waals surface area contributed by atoms with Gasteiger partial charge in [-0.15, -0.1) is 11.6 Å². The van der Waals surface area contributed by atoms with Gasteiger partial charge in [-0.25, -0.2) is 0 Å². The Balaban J connectivity index is 3.95. The standard InChI is InChI=1S/C12H25Cl/c1-7-12(6,13)10(2)8-9-11(3,4)5/h10H,7-9H2,1-6H3. The Bertz CT molecular complexity index is 142. The molecule has 13 heavy (non-hydrogen) atoms. The highest BCUT2D eigenvalue weighted by Crippen LogP contribution is 2.34. The topological polar surface area (TPSA) is 0 Å². The fourth-order valence-electron chi connectivity index (χ4n) is 1.30. The van der Waals surface area contributed by atoms with Crippen LogP contribution in [0, 0.1) is 11.3 Å². The SMILES string of the molecule is CCC(C)(Cl)C(C)CCC(C)(C)C. The molecule has 0 nitrogen and oxygen atoms in total. The van der Waals surface area contributed by atoms with Crippen LogP contribution in [0.1, 0.15) is 60.8 Å². The van der Waals surface area contributed by atoms with E-state index in [9.17, 15) is 0 Å². The second-order valence-electron chi connectivity index (χ2n) is 5.63. The monoisotopic (exact) mass is 204 g/mol. The first-order chi connectivity index (χ1) is 5.69. The molecule has 0 rings (SSSR count). The van der Waals surface area contributed by atoms with Crippen LogP contribution in [0.25, 0.3) is 0 Å². The molecule has 1 heteroatoms. The summed E-state index contributed by atoms with van der Waals surface area (Å²) in [6, 6.07) is 0. The zero-order valence-corrected chi connectivity index (χ0v) is 10.8. The summed E-state index contributed by atoms with van der Waals surface area (Å²) in [5.74, 6) is 0.610. The Morgan fingerprint density at radius 2 is 1.62 bits per heavy atom. The molecule has 0 aromatic rings. The van der Waals surface area contributed by atoms with Crippen molar-refractivity contribution in [1.29, 1.82) is 0 Å². The van der Waals surface area contributed by atoms with Gasteiger partial charge in [-0.1, -0.05) is 34.6 Å². The predicted octanol–water partition coefficient (Wildman–Crippen LogP) is 4.86. The van der Waals surface area contributed by atoms with Gasteiger partial charge >= 0.3 is 0 Å². The van der Waals surface area contributed by atoms with E-state index < -0.39 is 0 Å². The first-order valence-electron chi connectivity index (χ1n) is 5.38. The van der Waals surface area contributed by atoms with E-state index in [0.29, 0.717) is 11.3 Å². The van der Waals surface area contributed by atoms with Gasteiger partial charge in [0.05, 0.1) is 0 Å². The van der Waals surface area contributed by atoms with Gasteiger partial charge in [-0.3, -0.25) is 0 Å². The fraction of sp³-hybridized carbons (Fsp3) is 1.00. The molecule has 0 aromatic heterocycles. The lowest BCUT2D eigenvalue weighted by Gasteiger charge is -2.30. The van der Waals surface area contributed by atoms with E-state index in [-0.39, 0.29) is 4.87 Å². The Morgan fingerprint density at radius 1 is 1.15 bits per heavy atom. The number of halogens is 1. The molecule has 0 aliphatic heterocycles. The van der Waals surface area contributed by atoms with Crippen LogP contribution in [0.2, 0.25) is 0 Å². The Kier molecular flexibility index (Phi) is 4.79. The summed E-state index contributed by atoms with van der Waals surface area (Å²) in [6.45, 7) is 13.5. The maximum absolute atomic E-state index is 6.40. The third kappa shape index (κ3) is 5.57. The highest BCUT2D eigenvalue weighted by Gasteiger charge is 2.27. The maximum atomic E-state index is 6.40. The zero-order chi connectivity index (χ0) is 10.7. The summed E-state index contributed by atoms with van der Waals surface area (Å²) in [7, 11) is 0. The summed E-state index contributed by atoms with van der Waals surface area (Å²) >= 11 is 6.40. The molecule has 0 fully saturated rings. The molecule has 80 valence electrons. The highest BCUT2D eigenvalue weighted by atomic mass is 35.5. The maximum Gasteiger partial charge on any atom is 0.0441 e. The predicted molar refractivity (Wildman–Crippen MR) is 62.4 cm³/mol. The van der Waals surface area contributed by atoms with Crippen molar-refractivity contribution in [2.75, 3.05) is 0 Å². The molecule has 0 saturated carbocycles. The quantitative estimate of drug-likeness (QED) is 0.574. The van der Waals surface area contributed by atoms with Crippen molar-refractivity contribution >= 4 is 11.6 Å². The summed E-state index contributed by atoms with van der Waals surface area (Å²) in [5, 5.41) is 0. The molecular weight excluding hydrogens is 180 g/mol. The minimum Gasteiger partial charge on any atom is -0.119 e. The van der Waals surface area contributed by atoms with Crippen molar-refractivity contribution in [3.63, 3.8) is 0 Å². The van der Waals surface area contributed by atoms with Crippen molar-refractivity contribution in [1.82, 2.24) is 0 Å². The van der Waals surface area contributed by atoms with Crippen LogP contribution in [0.5, 0.6) is 0 Å². The van der Waals surface area contributed by atoms with Crippen LogP contribution in [0.3, 0.4) is 0 Å². The highest BCUT2D eigenvalue weighted by molar-refractivity contribution is 6.23. The van der Waals surface area contributed by atoms with Crippen molar-refractivity contribution in [2.24, 2.45) is 11.3 Å². The summed E-state index contributed by atoms with van der Waals surface area (Å²) in [4.78, 5) is -0.00868. The van der Waals surface area contributed by atoms with E-state index in [1.165, 1.54) is 12.8 Å². The molecule has 0 spiro atoms. The van der Waals surface area contributed by atoms with Gasteiger partial charge in [0.2, 0.25) is 0 Å². The van der Waals surface area contributed by atoms with Gasteiger partial charge in [0.1, 0.15) is 0 Å². The number of alkyl halides is 1. The normalized spacial score (nSPS) is 19.6. The van der Waals surface area contributed by atoms with E-state index in [1.54, 1.807) is 0 Å². The molecule has 0 bridgehead atoms. The minimum atomic E-state index is -0.00868. The van der Waals surface area contributed by atoms with Crippen molar-refractivity contribution in [2.45, 2.75) is 65.7 Å². The fourth-order valence-corrected chi connectivity index (χ4v) is 1.41. The lowest BCUT2D eigenvalue weighted by molar-refractivity contribution is 0.294. The number of rotatable bonds is 4. The third-order valence-corrected chi connectivity index (χ3v) is 3.69. The second-order valence-corrected chi connectivity index (χ2v) is 6.50. The van der Waals surface area contributed by atoms with Crippen LogP contribution in [0.4, 0.5) is 0 Å². The molecule has 0 aliphatic rings. The molecule has 0 N–H and O–H groups in total.